The molecule has 0 saturated carbocycles. The zero-order valence-corrected chi connectivity index (χ0v) is 13.5. The van der Waals surface area contributed by atoms with Gasteiger partial charge < -0.3 is 11.1 Å². The molecule has 1 amide bonds. The number of hydrogen-bond donors (Lipinski definition) is 2. The Kier molecular flexibility index (Phi) is 5.84. The van der Waals surface area contributed by atoms with E-state index in [1.54, 1.807) is 18.2 Å². The molecule has 0 aliphatic heterocycles. The van der Waals surface area contributed by atoms with Gasteiger partial charge in [-0.15, -0.1) is 0 Å². The zero-order chi connectivity index (χ0) is 15.4. The Morgan fingerprint density at radius 2 is 1.90 bits per heavy atom. The molecule has 5 heteroatoms. The van der Waals surface area contributed by atoms with Gasteiger partial charge >= 0.3 is 0 Å². The highest BCUT2D eigenvalue weighted by Crippen LogP contribution is 2.23. The second-order valence-corrected chi connectivity index (χ2v) is 5.98. The van der Waals surface area contributed by atoms with E-state index >= 15 is 0 Å². The van der Waals surface area contributed by atoms with Gasteiger partial charge in [0.15, 0.2) is 0 Å². The molecule has 0 radical (unpaired) electrons. The number of benzene rings is 1. The number of amides is 1. The minimum atomic E-state index is -0.234. The van der Waals surface area contributed by atoms with Crippen molar-refractivity contribution in [1.82, 2.24) is 4.90 Å². The van der Waals surface area contributed by atoms with Crippen molar-refractivity contribution in [2.75, 3.05) is 18.1 Å². The first kappa shape index (κ1) is 16.8. The summed E-state index contributed by atoms with van der Waals surface area (Å²) in [6, 6.07) is 5.13. The number of hydrogen-bond acceptors (Lipinski definition) is 3. The van der Waals surface area contributed by atoms with Crippen molar-refractivity contribution in [3.8, 4) is 0 Å². The van der Waals surface area contributed by atoms with Gasteiger partial charge in [-0.2, -0.15) is 0 Å². The van der Waals surface area contributed by atoms with Crippen LogP contribution in [0.25, 0.3) is 0 Å². The lowest BCUT2D eigenvalue weighted by atomic mass is 10.0. The summed E-state index contributed by atoms with van der Waals surface area (Å²) in [5.74, 6) is 0.407. The van der Waals surface area contributed by atoms with Crippen molar-refractivity contribution in [1.29, 1.82) is 0 Å². The highest BCUT2D eigenvalue weighted by molar-refractivity contribution is 6.31. The Morgan fingerprint density at radius 3 is 2.40 bits per heavy atom. The maximum Gasteiger partial charge on any atom is 0.241 e. The van der Waals surface area contributed by atoms with Gasteiger partial charge in [0.2, 0.25) is 5.91 Å². The maximum absolute atomic E-state index is 12.3. The van der Waals surface area contributed by atoms with Crippen molar-refractivity contribution < 1.29 is 4.79 Å². The van der Waals surface area contributed by atoms with Crippen LogP contribution in [0.3, 0.4) is 0 Å². The molecule has 0 aromatic heterocycles. The second kappa shape index (κ2) is 6.95. The zero-order valence-electron chi connectivity index (χ0n) is 12.8. The fraction of sp³-hybridized carbons (Fsp3) is 0.533. The first-order valence-corrected chi connectivity index (χ1v) is 7.19. The lowest BCUT2D eigenvalue weighted by Crippen LogP contribution is -2.46. The van der Waals surface area contributed by atoms with E-state index in [1.807, 2.05) is 14.0 Å². The first-order chi connectivity index (χ1) is 9.23. The minimum absolute atomic E-state index is 0.0750. The van der Waals surface area contributed by atoms with Crippen LogP contribution in [0.2, 0.25) is 5.02 Å². The average Bonchev–Trinajstić information content (AvgIpc) is 2.39. The minimum Gasteiger partial charge on any atom is -0.397 e. The highest BCUT2D eigenvalue weighted by atomic mass is 35.5. The Bertz CT molecular complexity index is 476. The topological polar surface area (TPSA) is 58.4 Å². The van der Waals surface area contributed by atoms with Crippen molar-refractivity contribution >= 4 is 28.9 Å². The molecule has 20 heavy (non-hydrogen) atoms. The van der Waals surface area contributed by atoms with Crippen molar-refractivity contribution in [3.05, 3.63) is 23.2 Å². The largest absolute Gasteiger partial charge is 0.397 e. The van der Waals surface area contributed by atoms with Crippen LogP contribution in [0.4, 0.5) is 11.4 Å². The number of anilines is 2. The number of nitrogens with two attached hydrogens (primary N) is 1. The SMILES string of the molecule is CC(C)C(C)N(C)C(C)C(=O)Nc1ccc(Cl)cc1N. The smallest absolute Gasteiger partial charge is 0.241 e. The lowest BCUT2D eigenvalue weighted by molar-refractivity contribution is -0.121. The number of nitrogens with zero attached hydrogens (tertiary/aromatic N) is 1. The lowest BCUT2D eigenvalue weighted by Gasteiger charge is -2.32. The molecule has 1 rings (SSSR count). The van der Waals surface area contributed by atoms with Crippen molar-refractivity contribution in [2.45, 2.75) is 39.8 Å². The van der Waals surface area contributed by atoms with E-state index in [-0.39, 0.29) is 11.9 Å². The van der Waals surface area contributed by atoms with E-state index in [0.717, 1.165) is 0 Å². The molecule has 4 nitrogen and oxygen atoms in total. The van der Waals surface area contributed by atoms with Crippen LogP contribution in [-0.2, 0) is 4.79 Å². The fourth-order valence-corrected chi connectivity index (χ4v) is 2.07. The summed E-state index contributed by atoms with van der Waals surface area (Å²) in [4.78, 5) is 14.3. The summed E-state index contributed by atoms with van der Waals surface area (Å²) in [6.45, 7) is 8.29. The highest BCUT2D eigenvalue weighted by Gasteiger charge is 2.24. The number of carbonyl (C=O) groups excluding carboxylic acids is 1. The van der Waals surface area contributed by atoms with Crippen LogP contribution in [0.1, 0.15) is 27.7 Å². The van der Waals surface area contributed by atoms with Crippen LogP contribution < -0.4 is 11.1 Å². The fourth-order valence-electron chi connectivity index (χ4n) is 1.89. The standard InChI is InChI=1S/C15H24ClN3O/c1-9(2)10(3)19(5)11(4)15(20)18-14-7-6-12(16)8-13(14)17/h6-11H,17H2,1-5H3,(H,18,20). The predicted octanol–water partition coefficient (Wildman–Crippen LogP) is 3.23. The molecule has 112 valence electrons. The van der Waals surface area contributed by atoms with Crippen LogP contribution in [-0.4, -0.2) is 29.9 Å². The van der Waals surface area contributed by atoms with Crippen LogP contribution >= 0.6 is 11.6 Å². The summed E-state index contributed by atoms with van der Waals surface area (Å²) in [5.41, 5.74) is 6.91. The van der Waals surface area contributed by atoms with Gasteiger partial charge in [0, 0.05) is 11.1 Å². The first-order valence-electron chi connectivity index (χ1n) is 6.81. The third-order valence-electron chi connectivity index (χ3n) is 3.87. The van der Waals surface area contributed by atoms with Crippen LogP contribution in [0.5, 0.6) is 0 Å². The summed E-state index contributed by atoms with van der Waals surface area (Å²) in [6.07, 6.45) is 0. The third kappa shape index (κ3) is 4.12. The van der Waals surface area contributed by atoms with Gasteiger partial charge in [0.1, 0.15) is 0 Å². The molecule has 0 bridgehead atoms. The number of carbonyl (C=O) groups is 1. The molecule has 0 aliphatic rings. The Morgan fingerprint density at radius 1 is 1.30 bits per heavy atom. The van der Waals surface area contributed by atoms with E-state index in [9.17, 15) is 4.79 Å². The van der Waals surface area contributed by atoms with Crippen molar-refractivity contribution in [3.63, 3.8) is 0 Å². The quantitative estimate of drug-likeness (QED) is 0.820. The number of nitrogen functional groups attached to an aromatic ring is 1. The van der Waals surface area contributed by atoms with Crippen LogP contribution in [0, 0.1) is 5.92 Å². The summed E-state index contributed by atoms with van der Waals surface area (Å²) >= 11 is 5.84. The maximum atomic E-state index is 12.3. The average molecular weight is 298 g/mol. The normalized spacial score (nSPS) is 14.4. The summed E-state index contributed by atoms with van der Waals surface area (Å²) in [5, 5.41) is 3.40. The molecule has 0 spiro atoms. The monoisotopic (exact) mass is 297 g/mol. The van der Waals surface area contributed by atoms with Crippen LogP contribution in [0.15, 0.2) is 18.2 Å². The van der Waals surface area contributed by atoms with Crippen molar-refractivity contribution in [2.24, 2.45) is 5.92 Å². The van der Waals surface area contributed by atoms with Gasteiger partial charge in [-0.1, -0.05) is 25.4 Å². The molecular weight excluding hydrogens is 274 g/mol. The molecule has 0 fully saturated rings. The molecule has 0 heterocycles. The molecule has 2 unspecified atom stereocenters. The van der Waals surface area contributed by atoms with E-state index in [1.165, 1.54) is 0 Å². The number of halogens is 1. The predicted molar refractivity (Wildman–Crippen MR) is 86.0 cm³/mol. The van der Waals surface area contributed by atoms with E-state index in [0.29, 0.717) is 28.4 Å². The van der Waals surface area contributed by atoms with E-state index in [2.05, 4.69) is 31.0 Å². The number of rotatable bonds is 5. The van der Waals surface area contributed by atoms with Gasteiger partial charge in [-0.25, -0.2) is 0 Å². The van der Waals surface area contributed by atoms with Gasteiger partial charge in [0.05, 0.1) is 17.4 Å². The summed E-state index contributed by atoms with van der Waals surface area (Å²) < 4.78 is 0. The molecular formula is C15H24ClN3O. The molecule has 1 aromatic rings. The van der Waals surface area contributed by atoms with Gasteiger partial charge in [0.25, 0.3) is 0 Å². The number of likely N-dealkylation sites (N-methyl/N-ethyl adjacent to an activating group) is 1. The Balaban J connectivity index is 2.75. The molecule has 3 N–H and O–H groups in total. The van der Waals surface area contributed by atoms with E-state index < -0.39 is 0 Å². The Labute approximate surface area is 126 Å². The molecule has 0 aliphatic carbocycles. The van der Waals surface area contributed by atoms with Gasteiger partial charge in [-0.05, 0) is 45.0 Å². The third-order valence-corrected chi connectivity index (χ3v) is 4.10. The Hall–Kier alpha value is -1.26. The summed E-state index contributed by atoms with van der Waals surface area (Å²) in [7, 11) is 1.96. The number of nitrogens with one attached hydrogen (secondary N) is 1. The second-order valence-electron chi connectivity index (χ2n) is 5.55. The van der Waals surface area contributed by atoms with E-state index in [4.69, 9.17) is 17.3 Å². The molecule has 1 aromatic carbocycles. The molecule has 2 atom stereocenters. The van der Waals surface area contributed by atoms with Gasteiger partial charge in [-0.3, -0.25) is 9.69 Å². The molecule has 0 saturated heterocycles.